The molecular weight excluding hydrogens is 344 g/mol. The predicted octanol–water partition coefficient (Wildman–Crippen LogP) is 2.83. The molecule has 1 saturated heterocycles. The highest BCUT2D eigenvalue weighted by Gasteiger charge is 2.23. The van der Waals surface area contributed by atoms with Crippen LogP contribution in [0.3, 0.4) is 0 Å². The lowest BCUT2D eigenvalue weighted by Crippen LogP contribution is -2.37. The van der Waals surface area contributed by atoms with Crippen LogP contribution in [-0.2, 0) is 4.79 Å². The van der Waals surface area contributed by atoms with Crippen LogP contribution in [0.15, 0.2) is 24.5 Å². The van der Waals surface area contributed by atoms with Gasteiger partial charge in [0, 0.05) is 24.7 Å². The number of hydrogen-bond acceptors (Lipinski definition) is 7. The van der Waals surface area contributed by atoms with Crippen LogP contribution in [0.5, 0.6) is 5.75 Å². The lowest BCUT2D eigenvalue weighted by Gasteiger charge is -2.30. The summed E-state index contributed by atoms with van der Waals surface area (Å²) in [7, 11) is 1.66. The molecule has 1 aliphatic heterocycles. The van der Waals surface area contributed by atoms with Crippen molar-refractivity contribution in [3.63, 3.8) is 0 Å². The second-order valence-electron chi connectivity index (χ2n) is 6.77. The maximum Gasteiger partial charge on any atom is 0.229 e. The maximum absolute atomic E-state index is 11.2. The molecule has 1 unspecified atom stereocenters. The molecule has 4 rings (SSSR count). The van der Waals surface area contributed by atoms with Gasteiger partial charge in [0.1, 0.15) is 17.6 Å². The van der Waals surface area contributed by atoms with Gasteiger partial charge in [-0.3, -0.25) is 0 Å². The molecule has 27 heavy (non-hydrogen) atoms. The van der Waals surface area contributed by atoms with E-state index in [1.165, 1.54) is 0 Å². The summed E-state index contributed by atoms with van der Waals surface area (Å²) in [5, 5.41) is 3.36. The molecule has 0 radical (unpaired) electrons. The predicted molar refractivity (Wildman–Crippen MR) is 104 cm³/mol. The number of carbonyl (C=O) groups excluding carboxylic acids is 1. The molecule has 1 aliphatic rings. The van der Waals surface area contributed by atoms with Crippen molar-refractivity contribution in [3.05, 3.63) is 30.1 Å². The molecule has 1 atom stereocenters. The second kappa shape index (κ2) is 7.22. The number of methoxy groups -OCH3 is 1. The van der Waals surface area contributed by atoms with E-state index in [0.29, 0.717) is 24.0 Å². The molecule has 8 nitrogen and oxygen atoms in total. The number of benzene rings is 1. The molecule has 2 aromatic heterocycles. The highest BCUT2D eigenvalue weighted by Crippen LogP contribution is 2.28. The van der Waals surface area contributed by atoms with Gasteiger partial charge in [0.15, 0.2) is 11.5 Å². The minimum atomic E-state index is 0.0258. The summed E-state index contributed by atoms with van der Waals surface area (Å²) in [6.45, 7) is 3.47. The molecular formula is C19H22N6O2. The van der Waals surface area contributed by atoms with E-state index in [1.54, 1.807) is 13.4 Å². The Labute approximate surface area is 157 Å². The average Bonchev–Trinajstić information content (AvgIpc) is 3.17. The number of aldehydes is 1. The van der Waals surface area contributed by atoms with Crippen LogP contribution in [0.2, 0.25) is 0 Å². The molecule has 2 N–H and O–H groups in total. The summed E-state index contributed by atoms with van der Waals surface area (Å²) in [5.74, 6) is 2.11. The van der Waals surface area contributed by atoms with Crippen LogP contribution in [0.25, 0.3) is 11.2 Å². The third-order valence-electron chi connectivity index (χ3n) is 4.86. The molecule has 0 saturated carbocycles. The number of aromatic amines is 1. The number of piperidine rings is 1. The number of rotatable bonds is 5. The molecule has 8 heteroatoms. The van der Waals surface area contributed by atoms with Crippen LogP contribution >= 0.6 is 0 Å². The first-order valence-electron chi connectivity index (χ1n) is 9.01. The largest absolute Gasteiger partial charge is 0.496 e. The lowest BCUT2D eigenvalue weighted by molar-refractivity contribution is -0.111. The number of carbonyl (C=O) groups is 1. The van der Waals surface area contributed by atoms with Crippen LogP contribution in [0.1, 0.15) is 18.4 Å². The average molecular weight is 366 g/mol. The third-order valence-corrected chi connectivity index (χ3v) is 4.86. The van der Waals surface area contributed by atoms with Gasteiger partial charge in [-0.1, -0.05) is 0 Å². The van der Waals surface area contributed by atoms with Crippen LogP contribution in [0, 0.1) is 12.8 Å². The first-order valence-corrected chi connectivity index (χ1v) is 9.01. The van der Waals surface area contributed by atoms with E-state index in [1.807, 2.05) is 25.1 Å². The van der Waals surface area contributed by atoms with Gasteiger partial charge in [-0.15, -0.1) is 0 Å². The minimum absolute atomic E-state index is 0.0258. The number of nitrogens with one attached hydrogen (secondary N) is 2. The van der Waals surface area contributed by atoms with Gasteiger partial charge >= 0.3 is 0 Å². The summed E-state index contributed by atoms with van der Waals surface area (Å²) in [5.41, 5.74) is 3.28. The second-order valence-corrected chi connectivity index (χ2v) is 6.77. The van der Waals surface area contributed by atoms with E-state index in [9.17, 15) is 4.79 Å². The zero-order valence-corrected chi connectivity index (χ0v) is 15.4. The number of aryl methyl sites for hydroxylation is 1. The Morgan fingerprint density at radius 1 is 1.37 bits per heavy atom. The highest BCUT2D eigenvalue weighted by atomic mass is 16.5. The fourth-order valence-electron chi connectivity index (χ4n) is 3.45. The van der Waals surface area contributed by atoms with Gasteiger partial charge in [0.05, 0.1) is 13.4 Å². The number of fused-ring (bicyclic) bond motifs is 1. The summed E-state index contributed by atoms with van der Waals surface area (Å²) in [6, 6.07) is 5.87. The van der Waals surface area contributed by atoms with Crippen molar-refractivity contribution < 1.29 is 9.53 Å². The summed E-state index contributed by atoms with van der Waals surface area (Å²) in [4.78, 5) is 29.9. The number of hydrogen-bond donors (Lipinski definition) is 2. The maximum atomic E-state index is 11.2. The Kier molecular flexibility index (Phi) is 4.62. The fraction of sp³-hybridized carbons (Fsp3) is 0.368. The first-order chi connectivity index (χ1) is 13.2. The molecule has 140 valence electrons. The van der Waals surface area contributed by atoms with Gasteiger partial charge in [-0.2, -0.15) is 9.97 Å². The Morgan fingerprint density at radius 2 is 2.26 bits per heavy atom. The van der Waals surface area contributed by atoms with Gasteiger partial charge in [0.25, 0.3) is 0 Å². The van der Waals surface area contributed by atoms with Crippen molar-refractivity contribution in [2.75, 3.05) is 30.4 Å². The van der Waals surface area contributed by atoms with Crippen molar-refractivity contribution in [2.24, 2.45) is 5.92 Å². The number of H-pyrrole nitrogens is 1. The number of aromatic nitrogens is 4. The van der Waals surface area contributed by atoms with Crippen molar-refractivity contribution in [2.45, 2.75) is 19.8 Å². The van der Waals surface area contributed by atoms with E-state index in [-0.39, 0.29) is 5.92 Å². The zero-order valence-electron chi connectivity index (χ0n) is 15.4. The fourth-order valence-corrected chi connectivity index (χ4v) is 3.45. The standard InChI is InChI=1S/C19H22N6O2/c1-12-8-14(5-6-15(12)27-2)22-18-16-17(21-11-20-16)23-19(24-18)25-7-3-4-13(9-25)10-26/h5-6,8,10-11,13H,3-4,7,9H2,1-2H3,(H2,20,21,22,23,24). The number of imidazole rings is 1. The monoisotopic (exact) mass is 366 g/mol. The van der Waals surface area contributed by atoms with E-state index in [4.69, 9.17) is 9.72 Å². The number of nitrogens with zero attached hydrogens (tertiary/aromatic N) is 4. The smallest absolute Gasteiger partial charge is 0.229 e. The van der Waals surface area contributed by atoms with E-state index < -0.39 is 0 Å². The Balaban J connectivity index is 1.68. The molecule has 0 bridgehead atoms. The molecule has 3 heterocycles. The zero-order chi connectivity index (χ0) is 18.8. The molecule has 1 fully saturated rings. The lowest BCUT2D eigenvalue weighted by atomic mass is 10.0. The molecule has 1 aromatic carbocycles. The number of ether oxygens (including phenoxy) is 1. The van der Waals surface area contributed by atoms with E-state index >= 15 is 0 Å². The SMILES string of the molecule is COc1ccc(Nc2nc(N3CCCC(C=O)C3)nc3nc[nH]c23)cc1C. The Hall–Kier alpha value is -3.16. The topological polar surface area (TPSA) is 96.0 Å². The van der Waals surface area contributed by atoms with Crippen molar-refractivity contribution in [3.8, 4) is 5.75 Å². The summed E-state index contributed by atoms with van der Waals surface area (Å²) < 4.78 is 5.32. The highest BCUT2D eigenvalue weighted by molar-refractivity contribution is 5.86. The summed E-state index contributed by atoms with van der Waals surface area (Å²) in [6.07, 6.45) is 4.50. The van der Waals surface area contributed by atoms with Crippen molar-refractivity contribution >= 4 is 34.9 Å². The van der Waals surface area contributed by atoms with Gasteiger partial charge in [-0.05, 0) is 43.5 Å². The quantitative estimate of drug-likeness (QED) is 0.670. The third kappa shape index (κ3) is 3.42. The van der Waals surface area contributed by atoms with Gasteiger partial charge < -0.3 is 24.7 Å². The summed E-state index contributed by atoms with van der Waals surface area (Å²) >= 11 is 0. The minimum Gasteiger partial charge on any atom is -0.496 e. The molecule has 3 aromatic rings. The van der Waals surface area contributed by atoms with Crippen molar-refractivity contribution in [1.82, 2.24) is 19.9 Å². The normalized spacial score (nSPS) is 17.1. The van der Waals surface area contributed by atoms with Crippen LogP contribution < -0.4 is 15.0 Å². The molecule has 0 aliphatic carbocycles. The van der Waals surface area contributed by atoms with E-state index in [2.05, 4.69) is 25.2 Å². The Morgan fingerprint density at radius 3 is 3.04 bits per heavy atom. The van der Waals surface area contributed by atoms with E-state index in [0.717, 1.165) is 48.2 Å². The van der Waals surface area contributed by atoms with Crippen molar-refractivity contribution in [1.29, 1.82) is 0 Å². The Bertz CT molecular complexity index is 970. The van der Waals surface area contributed by atoms with Crippen LogP contribution in [-0.4, -0.2) is 46.4 Å². The van der Waals surface area contributed by atoms with Gasteiger partial charge in [-0.25, -0.2) is 4.98 Å². The van der Waals surface area contributed by atoms with Gasteiger partial charge in [0.2, 0.25) is 5.95 Å². The number of anilines is 3. The molecule has 0 spiro atoms. The first kappa shape index (κ1) is 17.3. The van der Waals surface area contributed by atoms with Crippen LogP contribution in [0.4, 0.5) is 17.5 Å². The molecule has 0 amide bonds.